The zero-order valence-electron chi connectivity index (χ0n) is 15.7. The van der Waals surface area contributed by atoms with E-state index in [1.165, 1.54) is 30.6 Å². The topological polar surface area (TPSA) is 66.7 Å². The Balaban J connectivity index is 1.18. The summed E-state index contributed by atoms with van der Waals surface area (Å²) in [6.45, 7) is 1.51. The Hall–Kier alpha value is -1.93. The number of amides is 2. The number of nitrogens with one attached hydrogen (secondary N) is 1. The highest BCUT2D eigenvalue weighted by Crippen LogP contribution is 2.29. The number of rotatable bonds is 3. The first-order chi connectivity index (χ1) is 13.7. The molecule has 2 aliphatic rings. The van der Waals surface area contributed by atoms with Gasteiger partial charge in [-0.1, -0.05) is 19.3 Å². The van der Waals surface area contributed by atoms with Gasteiger partial charge in [-0.2, -0.15) is 0 Å². The maximum Gasteiger partial charge on any atom is 0.261 e. The molecule has 0 unspecified atom stereocenters. The van der Waals surface area contributed by atoms with Crippen LogP contribution in [-0.4, -0.2) is 45.2 Å². The standard InChI is InChI=1S/C20H24N4O2S2/c25-17(16-12-15-18(28-16)22-20-24(15)10-11-27-20)21-14-6-8-23(9-7-14)19(26)13-4-2-1-3-5-13/h10-14H,1-9H2,(H,21,25). The number of nitrogens with zero attached hydrogens (tertiary/aromatic N) is 3. The Labute approximate surface area is 171 Å². The van der Waals surface area contributed by atoms with Crippen LogP contribution < -0.4 is 5.32 Å². The highest BCUT2D eigenvalue weighted by Gasteiger charge is 2.30. The van der Waals surface area contributed by atoms with Gasteiger partial charge in [0.05, 0.1) is 10.4 Å². The van der Waals surface area contributed by atoms with Gasteiger partial charge in [0.15, 0.2) is 4.96 Å². The number of hydrogen-bond donors (Lipinski definition) is 1. The molecule has 6 nitrogen and oxygen atoms in total. The lowest BCUT2D eigenvalue weighted by atomic mass is 9.87. The van der Waals surface area contributed by atoms with Crippen LogP contribution in [0, 0.1) is 5.92 Å². The number of carbonyl (C=O) groups excluding carboxylic acids is 2. The lowest BCUT2D eigenvalue weighted by Gasteiger charge is -2.35. The van der Waals surface area contributed by atoms with Gasteiger partial charge in [0.2, 0.25) is 5.91 Å². The molecule has 1 saturated carbocycles. The quantitative estimate of drug-likeness (QED) is 0.704. The lowest BCUT2D eigenvalue weighted by molar-refractivity contribution is -0.137. The molecule has 1 aliphatic carbocycles. The zero-order chi connectivity index (χ0) is 19.1. The summed E-state index contributed by atoms with van der Waals surface area (Å²) in [5.41, 5.74) is 0.999. The second-order valence-corrected chi connectivity index (χ2v) is 9.78. The SMILES string of the molecule is O=C(NC1CCN(C(=O)C2CCCCC2)CC1)c1cc2c(nc3sccn32)s1. The Morgan fingerprint density at radius 1 is 1.11 bits per heavy atom. The molecule has 1 saturated heterocycles. The number of imidazole rings is 1. The van der Waals surface area contributed by atoms with Crippen molar-refractivity contribution < 1.29 is 9.59 Å². The Morgan fingerprint density at radius 2 is 1.89 bits per heavy atom. The first-order valence-corrected chi connectivity index (χ1v) is 11.8. The molecule has 0 spiro atoms. The fourth-order valence-electron chi connectivity index (χ4n) is 4.47. The first-order valence-electron chi connectivity index (χ1n) is 10.1. The third-order valence-corrected chi connectivity index (χ3v) is 7.83. The van der Waals surface area contributed by atoms with Crippen LogP contribution in [0.25, 0.3) is 15.3 Å². The van der Waals surface area contributed by atoms with Crippen molar-refractivity contribution in [3.8, 4) is 0 Å². The van der Waals surface area contributed by atoms with Crippen molar-refractivity contribution in [2.75, 3.05) is 13.1 Å². The zero-order valence-corrected chi connectivity index (χ0v) is 17.4. The van der Waals surface area contributed by atoms with E-state index in [1.54, 1.807) is 11.3 Å². The number of thiazole rings is 1. The monoisotopic (exact) mass is 416 g/mol. The highest BCUT2D eigenvalue weighted by atomic mass is 32.1. The fraction of sp³-hybridized carbons (Fsp3) is 0.550. The minimum Gasteiger partial charge on any atom is -0.348 e. The van der Waals surface area contributed by atoms with Gasteiger partial charge in [-0.3, -0.25) is 14.0 Å². The van der Waals surface area contributed by atoms with E-state index in [1.807, 2.05) is 26.9 Å². The van der Waals surface area contributed by atoms with E-state index < -0.39 is 0 Å². The van der Waals surface area contributed by atoms with Crippen LogP contribution in [0.2, 0.25) is 0 Å². The van der Waals surface area contributed by atoms with E-state index in [0.29, 0.717) is 10.8 Å². The molecule has 5 rings (SSSR count). The molecular weight excluding hydrogens is 392 g/mol. The Kier molecular flexibility index (Phi) is 4.84. The summed E-state index contributed by atoms with van der Waals surface area (Å²) < 4.78 is 2.03. The molecule has 8 heteroatoms. The van der Waals surface area contributed by atoms with Crippen LogP contribution in [0.5, 0.6) is 0 Å². The largest absolute Gasteiger partial charge is 0.348 e. The molecule has 0 aromatic carbocycles. The number of fused-ring (bicyclic) bond motifs is 3. The number of hydrogen-bond acceptors (Lipinski definition) is 5. The third-order valence-electron chi connectivity index (χ3n) is 6.06. The molecule has 28 heavy (non-hydrogen) atoms. The summed E-state index contributed by atoms with van der Waals surface area (Å²) in [4.78, 5) is 34.6. The van der Waals surface area contributed by atoms with E-state index in [4.69, 9.17) is 0 Å². The van der Waals surface area contributed by atoms with E-state index in [-0.39, 0.29) is 17.9 Å². The molecule has 1 aliphatic heterocycles. The van der Waals surface area contributed by atoms with Crippen LogP contribution >= 0.6 is 22.7 Å². The molecule has 0 bridgehead atoms. The van der Waals surface area contributed by atoms with Gasteiger partial charge in [0, 0.05) is 36.6 Å². The molecule has 148 valence electrons. The van der Waals surface area contributed by atoms with E-state index in [2.05, 4.69) is 10.3 Å². The minimum absolute atomic E-state index is 0.0240. The van der Waals surface area contributed by atoms with Crippen molar-refractivity contribution in [3.05, 3.63) is 22.5 Å². The van der Waals surface area contributed by atoms with Crippen molar-refractivity contribution in [2.24, 2.45) is 5.92 Å². The third kappa shape index (κ3) is 3.33. The molecule has 0 radical (unpaired) electrons. The normalized spacial score (nSPS) is 19.5. The van der Waals surface area contributed by atoms with E-state index >= 15 is 0 Å². The van der Waals surface area contributed by atoms with Crippen LogP contribution in [0.4, 0.5) is 0 Å². The number of thiophene rings is 1. The average Bonchev–Trinajstić information content (AvgIpc) is 3.41. The summed E-state index contributed by atoms with van der Waals surface area (Å²) in [5, 5.41) is 5.17. The second-order valence-electron chi connectivity index (χ2n) is 7.88. The average molecular weight is 417 g/mol. The van der Waals surface area contributed by atoms with Crippen molar-refractivity contribution >= 4 is 49.8 Å². The molecule has 3 aromatic rings. The lowest BCUT2D eigenvalue weighted by Crippen LogP contribution is -2.48. The van der Waals surface area contributed by atoms with Gasteiger partial charge in [-0.05, 0) is 31.7 Å². The van der Waals surface area contributed by atoms with Crippen LogP contribution in [0.3, 0.4) is 0 Å². The number of carbonyl (C=O) groups is 2. The molecule has 1 N–H and O–H groups in total. The van der Waals surface area contributed by atoms with Gasteiger partial charge in [0.1, 0.15) is 4.83 Å². The van der Waals surface area contributed by atoms with Gasteiger partial charge in [0.25, 0.3) is 5.91 Å². The maximum atomic E-state index is 12.7. The van der Waals surface area contributed by atoms with E-state index in [9.17, 15) is 9.59 Å². The van der Waals surface area contributed by atoms with Gasteiger partial charge >= 0.3 is 0 Å². The van der Waals surface area contributed by atoms with Gasteiger partial charge in [-0.15, -0.1) is 22.7 Å². The number of piperidine rings is 1. The van der Waals surface area contributed by atoms with Crippen molar-refractivity contribution in [3.63, 3.8) is 0 Å². The molecule has 3 aromatic heterocycles. The summed E-state index contributed by atoms with van der Waals surface area (Å²) in [6.07, 6.45) is 9.40. The molecule has 4 heterocycles. The summed E-state index contributed by atoms with van der Waals surface area (Å²) in [6, 6.07) is 2.07. The van der Waals surface area contributed by atoms with Crippen molar-refractivity contribution in [1.29, 1.82) is 0 Å². The maximum absolute atomic E-state index is 12.7. The van der Waals surface area contributed by atoms with Gasteiger partial charge in [-0.25, -0.2) is 4.98 Å². The second kappa shape index (κ2) is 7.48. The molecule has 2 amide bonds. The number of likely N-dealkylation sites (tertiary alicyclic amines) is 1. The molecular formula is C20H24N4O2S2. The summed E-state index contributed by atoms with van der Waals surface area (Å²) >= 11 is 3.05. The Bertz CT molecular complexity index is 1010. The van der Waals surface area contributed by atoms with Crippen LogP contribution in [-0.2, 0) is 4.79 Å². The highest BCUT2D eigenvalue weighted by molar-refractivity contribution is 7.21. The predicted octanol–water partition coefficient (Wildman–Crippen LogP) is 3.91. The smallest absolute Gasteiger partial charge is 0.261 e. The number of aromatic nitrogens is 2. The van der Waals surface area contributed by atoms with Crippen molar-refractivity contribution in [2.45, 2.75) is 51.0 Å². The van der Waals surface area contributed by atoms with Crippen molar-refractivity contribution in [1.82, 2.24) is 19.6 Å². The summed E-state index contributed by atoms with van der Waals surface area (Å²) in [5.74, 6) is 0.546. The van der Waals surface area contributed by atoms with Crippen LogP contribution in [0.15, 0.2) is 17.6 Å². The Morgan fingerprint density at radius 3 is 2.68 bits per heavy atom. The molecule has 0 atom stereocenters. The predicted molar refractivity (Wildman–Crippen MR) is 112 cm³/mol. The molecule has 2 fully saturated rings. The van der Waals surface area contributed by atoms with Gasteiger partial charge < -0.3 is 10.2 Å². The van der Waals surface area contributed by atoms with E-state index in [0.717, 1.165) is 54.1 Å². The minimum atomic E-state index is -0.0240. The first kappa shape index (κ1) is 18.1. The summed E-state index contributed by atoms with van der Waals surface area (Å²) in [7, 11) is 0. The fourth-order valence-corrected chi connectivity index (χ4v) is 6.17. The van der Waals surface area contributed by atoms with Crippen LogP contribution in [0.1, 0.15) is 54.6 Å².